The first-order valence-electron chi connectivity index (χ1n) is 7.23. The van der Waals surface area contributed by atoms with Crippen LogP contribution in [0.5, 0.6) is 0 Å². The Kier molecular flexibility index (Phi) is 2.77. The van der Waals surface area contributed by atoms with Gasteiger partial charge < -0.3 is 0 Å². The molecule has 0 heterocycles. The van der Waals surface area contributed by atoms with Crippen LogP contribution in [0.3, 0.4) is 0 Å². The van der Waals surface area contributed by atoms with Crippen molar-refractivity contribution >= 4 is 0 Å². The van der Waals surface area contributed by atoms with Gasteiger partial charge in [0.25, 0.3) is 0 Å². The van der Waals surface area contributed by atoms with Crippen molar-refractivity contribution in [1.29, 1.82) is 0 Å². The number of benzene rings is 1. The van der Waals surface area contributed by atoms with E-state index in [1.54, 1.807) is 11.1 Å². The Morgan fingerprint density at radius 1 is 1.06 bits per heavy atom. The molecular weight excluding hydrogens is 204 g/mol. The van der Waals surface area contributed by atoms with E-state index in [2.05, 4.69) is 38.1 Å². The van der Waals surface area contributed by atoms with Crippen molar-refractivity contribution in [3.05, 3.63) is 35.4 Å². The molecule has 0 radical (unpaired) electrons. The molecule has 2 aliphatic carbocycles. The summed E-state index contributed by atoms with van der Waals surface area (Å²) in [5, 5.41) is 0. The molecule has 0 aliphatic heterocycles. The van der Waals surface area contributed by atoms with E-state index < -0.39 is 0 Å². The Hall–Kier alpha value is -0.780. The fourth-order valence-corrected chi connectivity index (χ4v) is 4.31. The normalized spacial score (nSPS) is 31.2. The van der Waals surface area contributed by atoms with Gasteiger partial charge in [-0.05, 0) is 60.5 Å². The molecule has 0 amide bonds. The maximum Gasteiger partial charge on any atom is -0.0245 e. The third-order valence-corrected chi connectivity index (χ3v) is 5.29. The Morgan fingerprint density at radius 3 is 2.65 bits per heavy atom. The van der Waals surface area contributed by atoms with Gasteiger partial charge >= 0.3 is 0 Å². The molecular formula is C17H24. The summed E-state index contributed by atoms with van der Waals surface area (Å²) >= 11 is 0. The van der Waals surface area contributed by atoms with Crippen LogP contribution in [0.1, 0.15) is 50.7 Å². The SMILES string of the molecule is CC1(C)CCC[C@@H]2Cc3ccccc3CC[C@H]21. The van der Waals surface area contributed by atoms with Crippen LogP contribution in [0.15, 0.2) is 24.3 Å². The van der Waals surface area contributed by atoms with Gasteiger partial charge in [0.1, 0.15) is 0 Å². The van der Waals surface area contributed by atoms with E-state index in [0.717, 1.165) is 11.8 Å². The Morgan fingerprint density at radius 2 is 1.82 bits per heavy atom. The van der Waals surface area contributed by atoms with E-state index in [1.807, 2.05) is 0 Å². The summed E-state index contributed by atoms with van der Waals surface area (Å²) in [7, 11) is 0. The molecule has 2 atom stereocenters. The van der Waals surface area contributed by atoms with Crippen molar-refractivity contribution in [3.63, 3.8) is 0 Å². The minimum atomic E-state index is 0.574. The molecule has 0 saturated heterocycles. The molecule has 92 valence electrons. The maximum absolute atomic E-state index is 2.50. The lowest BCUT2D eigenvalue weighted by molar-refractivity contribution is 0.0705. The molecule has 1 aromatic rings. The Bertz CT molecular complexity index is 402. The number of rotatable bonds is 0. The summed E-state index contributed by atoms with van der Waals surface area (Å²) in [6.07, 6.45) is 8.39. The first-order valence-corrected chi connectivity index (χ1v) is 7.23. The van der Waals surface area contributed by atoms with Gasteiger partial charge in [0.2, 0.25) is 0 Å². The van der Waals surface area contributed by atoms with Crippen LogP contribution < -0.4 is 0 Å². The molecule has 0 bridgehead atoms. The van der Waals surface area contributed by atoms with Gasteiger partial charge in [-0.3, -0.25) is 0 Å². The van der Waals surface area contributed by atoms with Gasteiger partial charge in [0, 0.05) is 0 Å². The summed E-state index contributed by atoms with van der Waals surface area (Å²) in [5.41, 5.74) is 3.83. The number of aryl methyl sites for hydroxylation is 1. The number of hydrogen-bond donors (Lipinski definition) is 0. The van der Waals surface area contributed by atoms with Crippen molar-refractivity contribution in [2.75, 3.05) is 0 Å². The molecule has 1 fully saturated rings. The first-order chi connectivity index (χ1) is 8.17. The molecule has 3 rings (SSSR count). The van der Waals surface area contributed by atoms with Gasteiger partial charge in [-0.1, -0.05) is 44.5 Å². The fraction of sp³-hybridized carbons (Fsp3) is 0.647. The zero-order chi connectivity index (χ0) is 11.9. The van der Waals surface area contributed by atoms with Gasteiger partial charge in [-0.25, -0.2) is 0 Å². The van der Waals surface area contributed by atoms with Crippen LogP contribution in [0.25, 0.3) is 0 Å². The molecule has 0 spiro atoms. The number of hydrogen-bond acceptors (Lipinski definition) is 0. The Labute approximate surface area is 105 Å². The van der Waals surface area contributed by atoms with E-state index in [9.17, 15) is 0 Å². The van der Waals surface area contributed by atoms with Crippen LogP contribution in [0.2, 0.25) is 0 Å². The molecule has 0 aromatic heterocycles. The first kappa shape index (κ1) is 11.3. The van der Waals surface area contributed by atoms with E-state index in [1.165, 1.54) is 38.5 Å². The van der Waals surface area contributed by atoms with Crippen molar-refractivity contribution in [2.24, 2.45) is 17.3 Å². The van der Waals surface area contributed by atoms with Crippen LogP contribution in [0.4, 0.5) is 0 Å². The number of fused-ring (bicyclic) bond motifs is 2. The van der Waals surface area contributed by atoms with Crippen LogP contribution >= 0.6 is 0 Å². The predicted molar refractivity (Wildman–Crippen MR) is 73.1 cm³/mol. The minimum absolute atomic E-state index is 0.574. The monoisotopic (exact) mass is 228 g/mol. The highest BCUT2D eigenvalue weighted by Gasteiger charge is 2.39. The van der Waals surface area contributed by atoms with Crippen molar-refractivity contribution in [1.82, 2.24) is 0 Å². The molecule has 1 aromatic carbocycles. The van der Waals surface area contributed by atoms with E-state index in [0.29, 0.717) is 5.41 Å². The second kappa shape index (κ2) is 4.15. The molecule has 0 heteroatoms. The van der Waals surface area contributed by atoms with Crippen LogP contribution in [0, 0.1) is 17.3 Å². The summed E-state index contributed by atoms with van der Waals surface area (Å²) < 4.78 is 0. The summed E-state index contributed by atoms with van der Waals surface area (Å²) in [6, 6.07) is 9.13. The summed E-state index contributed by atoms with van der Waals surface area (Å²) in [6.45, 7) is 5.00. The standard InChI is InChI=1S/C17H24/c1-17(2)11-5-8-15-12-14-7-4-3-6-13(14)9-10-16(15)17/h3-4,6-7,15-16H,5,8-12H2,1-2H3/t15-,16-/m1/s1. The van der Waals surface area contributed by atoms with E-state index in [4.69, 9.17) is 0 Å². The topological polar surface area (TPSA) is 0 Å². The highest BCUT2D eigenvalue weighted by atomic mass is 14.4. The summed E-state index contributed by atoms with van der Waals surface area (Å²) in [5.74, 6) is 1.89. The van der Waals surface area contributed by atoms with E-state index in [-0.39, 0.29) is 0 Å². The smallest absolute Gasteiger partial charge is 0.0245 e. The lowest BCUT2D eigenvalue weighted by atomic mass is 9.62. The van der Waals surface area contributed by atoms with Crippen molar-refractivity contribution < 1.29 is 0 Å². The average Bonchev–Trinajstić information content (AvgIpc) is 2.48. The molecule has 0 nitrogen and oxygen atoms in total. The third kappa shape index (κ3) is 2.03. The average molecular weight is 228 g/mol. The highest BCUT2D eigenvalue weighted by Crippen LogP contribution is 2.48. The summed E-state index contributed by atoms with van der Waals surface area (Å²) in [4.78, 5) is 0. The molecule has 0 unspecified atom stereocenters. The van der Waals surface area contributed by atoms with Gasteiger partial charge in [0.15, 0.2) is 0 Å². The largest absolute Gasteiger partial charge is 0.0620 e. The fourth-order valence-electron chi connectivity index (χ4n) is 4.31. The second-order valence-electron chi connectivity index (χ2n) is 6.76. The molecule has 0 N–H and O–H groups in total. The molecule has 2 aliphatic rings. The zero-order valence-electron chi connectivity index (χ0n) is 11.2. The second-order valence-corrected chi connectivity index (χ2v) is 6.76. The van der Waals surface area contributed by atoms with Gasteiger partial charge in [-0.15, -0.1) is 0 Å². The minimum Gasteiger partial charge on any atom is -0.0620 e. The van der Waals surface area contributed by atoms with Crippen molar-refractivity contribution in [3.8, 4) is 0 Å². The third-order valence-electron chi connectivity index (χ3n) is 5.29. The quantitative estimate of drug-likeness (QED) is 0.608. The molecule has 17 heavy (non-hydrogen) atoms. The Balaban J connectivity index is 1.91. The lowest BCUT2D eigenvalue weighted by Gasteiger charge is -2.43. The van der Waals surface area contributed by atoms with Crippen molar-refractivity contribution in [2.45, 2.75) is 52.4 Å². The lowest BCUT2D eigenvalue weighted by Crippen LogP contribution is -2.35. The maximum atomic E-state index is 2.50. The predicted octanol–water partition coefficient (Wildman–Crippen LogP) is 4.62. The molecule has 1 saturated carbocycles. The van der Waals surface area contributed by atoms with Gasteiger partial charge in [-0.2, -0.15) is 0 Å². The van der Waals surface area contributed by atoms with Gasteiger partial charge in [0.05, 0.1) is 0 Å². The van der Waals surface area contributed by atoms with Crippen LogP contribution in [-0.4, -0.2) is 0 Å². The van der Waals surface area contributed by atoms with E-state index >= 15 is 0 Å². The highest BCUT2D eigenvalue weighted by molar-refractivity contribution is 5.29. The van der Waals surface area contributed by atoms with Crippen LogP contribution in [-0.2, 0) is 12.8 Å². The zero-order valence-corrected chi connectivity index (χ0v) is 11.2.